The fraction of sp³-hybridized carbons (Fsp3) is 0.308. The summed E-state index contributed by atoms with van der Waals surface area (Å²) in [5.41, 5.74) is 3.56. The highest BCUT2D eigenvalue weighted by atomic mass is 35.5. The molecule has 1 atom stereocenters. The molecule has 0 aliphatic carbocycles. The van der Waals surface area contributed by atoms with Crippen molar-refractivity contribution in [1.29, 1.82) is 0 Å². The number of benzene rings is 3. The average Bonchev–Trinajstić information content (AvgIpc) is 2.82. The Morgan fingerprint density at radius 2 is 1.58 bits per heavy atom. The van der Waals surface area contributed by atoms with Crippen LogP contribution in [0.5, 0.6) is 11.5 Å². The van der Waals surface area contributed by atoms with Gasteiger partial charge in [-0.15, -0.1) is 0 Å². The van der Waals surface area contributed by atoms with Crippen LogP contribution in [0.25, 0.3) is 0 Å². The predicted octanol–water partition coefficient (Wildman–Crippen LogP) is 5.31. The lowest BCUT2D eigenvalue weighted by molar-refractivity contribution is 0.197. The van der Waals surface area contributed by atoms with Crippen LogP contribution in [0.1, 0.15) is 29.7 Å². The maximum Gasteiger partial charge on any atom is 0.161 e. The first-order chi connectivity index (χ1) is 15.2. The van der Waals surface area contributed by atoms with Crippen LogP contribution >= 0.6 is 11.6 Å². The lowest BCUT2D eigenvalue weighted by Crippen LogP contribution is -2.45. The molecule has 0 aromatic heterocycles. The highest BCUT2D eigenvalue weighted by molar-refractivity contribution is 6.30. The minimum Gasteiger partial charge on any atom is -0.490 e. The normalized spacial score (nSPS) is 15.4. The van der Waals surface area contributed by atoms with Crippen molar-refractivity contribution in [2.24, 2.45) is 0 Å². The van der Waals surface area contributed by atoms with Gasteiger partial charge in [0.25, 0.3) is 0 Å². The first kappa shape index (κ1) is 21.7. The van der Waals surface area contributed by atoms with Crippen molar-refractivity contribution in [2.45, 2.75) is 19.6 Å². The molecule has 0 radical (unpaired) electrons. The van der Waals surface area contributed by atoms with E-state index in [-0.39, 0.29) is 6.04 Å². The van der Waals surface area contributed by atoms with Gasteiger partial charge in [-0.3, -0.25) is 4.90 Å². The number of hydrogen-bond acceptors (Lipinski definition) is 4. The van der Waals surface area contributed by atoms with E-state index in [1.807, 2.05) is 43.3 Å². The Bertz CT molecular complexity index is 957. The molecule has 1 N–H and O–H groups in total. The van der Waals surface area contributed by atoms with Crippen molar-refractivity contribution in [1.82, 2.24) is 10.2 Å². The highest BCUT2D eigenvalue weighted by Gasteiger charge is 2.25. The quantitative estimate of drug-likeness (QED) is 0.518. The van der Waals surface area contributed by atoms with Crippen LogP contribution in [0.2, 0.25) is 5.02 Å². The van der Waals surface area contributed by atoms with E-state index < -0.39 is 0 Å². The molecular formula is C26H29ClN2O2. The Hall–Kier alpha value is -2.53. The van der Waals surface area contributed by atoms with Gasteiger partial charge in [0.15, 0.2) is 11.5 Å². The summed E-state index contributed by atoms with van der Waals surface area (Å²) in [6.45, 7) is 7.05. The van der Waals surface area contributed by atoms with Crippen molar-refractivity contribution in [3.8, 4) is 11.5 Å². The fourth-order valence-corrected chi connectivity index (χ4v) is 4.14. The minimum absolute atomic E-state index is 0.141. The molecule has 1 fully saturated rings. The second-order valence-electron chi connectivity index (χ2n) is 7.65. The number of piperazine rings is 1. The van der Waals surface area contributed by atoms with E-state index in [2.05, 4.69) is 46.6 Å². The zero-order chi connectivity index (χ0) is 21.5. The van der Waals surface area contributed by atoms with Gasteiger partial charge in [0.2, 0.25) is 0 Å². The summed E-state index contributed by atoms with van der Waals surface area (Å²) in [4.78, 5) is 2.51. The standard InChI is InChI=1S/C26H29ClN2O2/c1-2-30-25-18-22(10-13-24(25)31-19-20-6-4-3-5-7-20)26(29-16-14-28-15-17-29)21-8-11-23(27)12-9-21/h3-13,18,26,28H,2,14-17,19H2,1H3. The summed E-state index contributed by atoms with van der Waals surface area (Å²) in [5.74, 6) is 1.55. The molecule has 0 bridgehead atoms. The predicted molar refractivity (Wildman–Crippen MR) is 126 cm³/mol. The molecule has 3 aromatic carbocycles. The van der Waals surface area contributed by atoms with Gasteiger partial charge in [-0.2, -0.15) is 0 Å². The van der Waals surface area contributed by atoms with E-state index in [4.69, 9.17) is 21.1 Å². The first-order valence-corrected chi connectivity index (χ1v) is 11.3. The Kier molecular flexibility index (Phi) is 7.47. The molecule has 4 nitrogen and oxygen atoms in total. The van der Waals surface area contributed by atoms with Crippen molar-refractivity contribution in [3.63, 3.8) is 0 Å². The Morgan fingerprint density at radius 3 is 2.29 bits per heavy atom. The third-order valence-corrected chi connectivity index (χ3v) is 5.77. The monoisotopic (exact) mass is 436 g/mol. The van der Waals surface area contributed by atoms with Crippen LogP contribution in [0.15, 0.2) is 72.8 Å². The molecule has 1 aliphatic heterocycles. The van der Waals surface area contributed by atoms with Gasteiger partial charge in [-0.1, -0.05) is 60.1 Å². The van der Waals surface area contributed by atoms with E-state index >= 15 is 0 Å². The van der Waals surface area contributed by atoms with E-state index in [9.17, 15) is 0 Å². The van der Waals surface area contributed by atoms with E-state index in [1.165, 1.54) is 11.1 Å². The molecule has 0 saturated carbocycles. The summed E-state index contributed by atoms with van der Waals surface area (Å²) < 4.78 is 12.1. The zero-order valence-corrected chi connectivity index (χ0v) is 18.6. The molecule has 162 valence electrons. The van der Waals surface area contributed by atoms with Gasteiger partial charge in [0, 0.05) is 31.2 Å². The second kappa shape index (κ2) is 10.7. The largest absolute Gasteiger partial charge is 0.490 e. The zero-order valence-electron chi connectivity index (χ0n) is 17.9. The fourth-order valence-electron chi connectivity index (χ4n) is 4.02. The number of nitrogens with zero attached hydrogens (tertiary/aromatic N) is 1. The van der Waals surface area contributed by atoms with Gasteiger partial charge in [0.05, 0.1) is 12.6 Å². The third kappa shape index (κ3) is 5.59. The average molecular weight is 437 g/mol. The molecule has 31 heavy (non-hydrogen) atoms. The SMILES string of the molecule is CCOc1cc(C(c2ccc(Cl)cc2)N2CCNCC2)ccc1OCc1ccccc1. The summed E-state index contributed by atoms with van der Waals surface area (Å²) in [7, 11) is 0. The van der Waals surface area contributed by atoms with Crippen LogP contribution in [0.4, 0.5) is 0 Å². The van der Waals surface area contributed by atoms with Crippen molar-refractivity contribution >= 4 is 11.6 Å². The summed E-state index contributed by atoms with van der Waals surface area (Å²) >= 11 is 6.16. The van der Waals surface area contributed by atoms with Gasteiger partial charge in [-0.25, -0.2) is 0 Å². The van der Waals surface area contributed by atoms with Crippen molar-refractivity contribution < 1.29 is 9.47 Å². The van der Waals surface area contributed by atoms with Gasteiger partial charge in [-0.05, 0) is 47.9 Å². The Labute approximate surface area is 189 Å². The molecule has 1 saturated heterocycles. The molecule has 3 aromatic rings. The molecule has 4 rings (SSSR count). The second-order valence-corrected chi connectivity index (χ2v) is 8.09. The Morgan fingerprint density at radius 1 is 0.871 bits per heavy atom. The smallest absolute Gasteiger partial charge is 0.161 e. The van der Waals surface area contributed by atoms with Crippen molar-refractivity contribution in [3.05, 3.63) is 94.5 Å². The number of hydrogen-bond donors (Lipinski definition) is 1. The van der Waals surface area contributed by atoms with E-state index in [1.54, 1.807) is 0 Å². The number of nitrogens with one attached hydrogen (secondary N) is 1. The van der Waals surface area contributed by atoms with E-state index in [0.29, 0.717) is 13.2 Å². The minimum atomic E-state index is 0.141. The van der Waals surface area contributed by atoms with Gasteiger partial charge >= 0.3 is 0 Å². The van der Waals surface area contributed by atoms with Crippen LogP contribution in [-0.4, -0.2) is 37.7 Å². The molecule has 1 aliphatic rings. The van der Waals surface area contributed by atoms with Crippen LogP contribution in [0.3, 0.4) is 0 Å². The maximum atomic E-state index is 6.16. The molecule has 0 amide bonds. The molecule has 5 heteroatoms. The number of halogens is 1. The Balaban J connectivity index is 1.64. The summed E-state index contributed by atoms with van der Waals surface area (Å²) in [5, 5.41) is 4.20. The van der Waals surface area contributed by atoms with Crippen LogP contribution in [-0.2, 0) is 6.61 Å². The summed E-state index contributed by atoms with van der Waals surface area (Å²) in [6.07, 6.45) is 0. The third-order valence-electron chi connectivity index (χ3n) is 5.52. The van der Waals surface area contributed by atoms with Crippen LogP contribution < -0.4 is 14.8 Å². The highest BCUT2D eigenvalue weighted by Crippen LogP contribution is 2.36. The topological polar surface area (TPSA) is 33.7 Å². The molecular weight excluding hydrogens is 408 g/mol. The molecule has 1 unspecified atom stereocenters. The molecule has 1 heterocycles. The number of rotatable bonds is 8. The van der Waals surface area contributed by atoms with Crippen molar-refractivity contribution in [2.75, 3.05) is 32.8 Å². The van der Waals surface area contributed by atoms with Crippen LogP contribution in [0, 0.1) is 0 Å². The lowest BCUT2D eigenvalue weighted by Gasteiger charge is -2.36. The lowest BCUT2D eigenvalue weighted by atomic mass is 9.96. The summed E-state index contributed by atoms with van der Waals surface area (Å²) in [6, 6.07) is 24.8. The molecule has 0 spiro atoms. The van der Waals surface area contributed by atoms with Gasteiger partial charge in [0.1, 0.15) is 6.61 Å². The van der Waals surface area contributed by atoms with E-state index in [0.717, 1.165) is 48.3 Å². The number of ether oxygens (including phenoxy) is 2. The first-order valence-electron chi connectivity index (χ1n) is 10.9. The van der Waals surface area contributed by atoms with Gasteiger partial charge < -0.3 is 14.8 Å². The maximum absolute atomic E-state index is 6.16.